The molecule has 0 fully saturated rings. The lowest BCUT2D eigenvalue weighted by atomic mass is 9.92. The van der Waals surface area contributed by atoms with Gasteiger partial charge in [0.2, 0.25) is 0 Å². The Bertz CT molecular complexity index is 484. The summed E-state index contributed by atoms with van der Waals surface area (Å²) in [5, 5.41) is 1.35. The molecule has 1 N–H and O–H groups in total. The maximum atomic E-state index is 3.58. The minimum atomic E-state index is 0.614. The van der Waals surface area contributed by atoms with Gasteiger partial charge in [0.1, 0.15) is 0 Å². The average Bonchev–Trinajstić information content (AvgIpc) is 2.61. The highest BCUT2D eigenvalue weighted by molar-refractivity contribution is 9.10. The third-order valence-electron chi connectivity index (χ3n) is 3.05. The van der Waals surface area contributed by atoms with Gasteiger partial charge in [0.15, 0.2) is 0 Å². The summed E-state index contributed by atoms with van der Waals surface area (Å²) in [5.41, 5.74) is 2.65. The number of hydrogen-bond acceptors (Lipinski definition) is 0. The van der Waals surface area contributed by atoms with E-state index < -0.39 is 0 Å². The van der Waals surface area contributed by atoms with Crippen LogP contribution in [0.3, 0.4) is 0 Å². The maximum absolute atomic E-state index is 3.58. The predicted octanol–water partition coefficient (Wildman–Crippen LogP) is 5.08. The van der Waals surface area contributed by atoms with Gasteiger partial charge in [-0.15, -0.1) is 0 Å². The second-order valence-electron chi connectivity index (χ2n) is 4.94. The molecule has 1 heterocycles. The minimum Gasteiger partial charge on any atom is -0.360 e. The molecular weight excluding hydrogens is 262 g/mol. The van der Waals surface area contributed by atoms with Gasteiger partial charge in [-0.25, -0.2) is 0 Å². The van der Waals surface area contributed by atoms with Crippen LogP contribution in [-0.4, -0.2) is 4.98 Å². The number of para-hydroxylation sites is 1. The molecule has 16 heavy (non-hydrogen) atoms. The lowest BCUT2D eigenvalue weighted by Crippen LogP contribution is -1.97. The summed E-state index contributed by atoms with van der Waals surface area (Å²) in [5.74, 6) is 1.36. The Hall–Kier alpha value is -0.760. The number of aromatic amines is 1. The molecule has 86 valence electrons. The summed E-state index contributed by atoms with van der Waals surface area (Å²) in [6, 6.07) is 6.38. The fourth-order valence-electron chi connectivity index (χ4n) is 2.38. The van der Waals surface area contributed by atoms with E-state index in [1.54, 1.807) is 0 Å². The number of halogens is 1. The van der Waals surface area contributed by atoms with Crippen molar-refractivity contribution in [1.29, 1.82) is 0 Å². The number of hydrogen-bond donors (Lipinski definition) is 1. The largest absolute Gasteiger partial charge is 0.360 e. The van der Waals surface area contributed by atoms with E-state index in [1.807, 2.05) is 0 Å². The van der Waals surface area contributed by atoms with E-state index in [2.05, 4.69) is 66.1 Å². The minimum absolute atomic E-state index is 0.614. The Balaban J connectivity index is 2.42. The molecular formula is C14H18BrN. The van der Waals surface area contributed by atoms with Crippen LogP contribution in [0, 0.1) is 5.92 Å². The smallest absolute Gasteiger partial charge is 0.0601 e. The fraction of sp³-hybridized carbons (Fsp3) is 0.429. The van der Waals surface area contributed by atoms with Crippen LogP contribution in [0.1, 0.15) is 38.7 Å². The van der Waals surface area contributed by atoms with Crippen LogP contribution in [0.25, 0.3) is 10.9 Å². The van der Waals surface area contributed by atoms with Gasteiger partial charge in [-0.1, -0.05) is 32.9 Å². The monoisotopic (exact) mass is 279 g/mol. The first-order chi connectivity index (χ1) is 7.59. The standard InChI is InChI=1S/C14H18BrN/c1-9(2)7-10(3)12-8-16-14-11(12)5-4-6-13(14)15/h4-6,8-10,16H,7H2,1-3H3. The molecule has 0 aliphatic rings. The van der Waals surface area contributed by atoms with E-state index in [4.69, 9.17) is 0 Å². The zero-order valence-electron chi connectivity index (χ0n) is 10.0. The lowest BCUT2D eigenvalue weighted by molar-refractivity contribution is 0.525. The first-order valence-corrected chi connectivity index (χ1v) is 6.64. The Morgan fingerprint density at radius 2 is 2.00 bits per heavy atom. The molecule has 0 amide bonds. The predicted molar refractivity (Wildman–Crippen MR) is 73.9 cm³/mol. The molecule has 0 bridgehead atoms. The van der Waals surface area contributed by atoms with Gasteiger partial charge in [0, 0.05) is 16.1 Å². The molecule has 1 aromatic heterocycles. The van der Waals surface area contributed by atoms with Crippen molar-refractivity contribution in [2.75, 3.05) is 0 Å². The van der Waals surface area contributed by atoms with Gasteiger partial charge in [-0.3, -0.25) is 0 Å². The maximum Gasteiger partial charge on any atom is 0.0601 e. The van der Waals surface area contributed by atoms with E-state index in [0.29, 0.717) is 5.92 Å². The Kier molecular flexibility index (Phi) is 3.38. The molecule has 1 atom stereocenters. The summed E-state index contributed by atoms with van der Waals surface area (Å²) < 4.78 is 1.15. The molecule has 0 saturated heterocycles. The first-order valence-electron chi connectivity index (χ1n) is 5.85. The summed E-state index contributed by atoms with van der Waals surface area (Å²) in [6.07, 6.45) is 3.39. The van der Waals surface area contributed by atoms with Crippen molar-refractivity contribution in [3.63, 3.8) is 0 Å². The summed E-state index contributed by atoms with van der Waals surface area (Å²) >= 11 is 3.58. The van der Waals surface area contributed by atoms with E-state index in [0.717, 1.165) is 10.4 Å². The van der Waals surface area contributed by atoms with Crippen molar-refractivity contribution in [2.24, 2.45) is 5.92 Å². The quantitative estimate of drug-likeness (QED) is 0.807. The van der Waals surface area contributed by atoms with Crippen LogP contribution in [0.5, 0.6) is 0 Å². The first kappa shape index (κ1) is 11.7. The molecule has 0 aliphatic heterocycles. The third kappa shape index (κ3) is 2.17. The van der Waals surface area contributed by atoms with E-state index >= 15 is 0 Å². The highest BCUT2D eigenvalue weighted by Crippen LogP contribution is 2.32. The van der Waals surface area contributed by atoms with E-state index in [-0.39, 0.29) is 0 Å². The third-order valence-corrected chi connectivity index (χ3v) is 3.71. The van der Waals surface area contributed by atoms with Gasteiger partial charge >= 0.3 is 0 Å². The van der Waals surface area contributed by atoms with Gasteiger partial charge in [-0.05, 0) is 45.8 Å². The SMILES string of the molecule is CC(C)CC(C)c1c[nH]c2c(Br)cccc12. The van der Waals surface area contributed by atoms with Crippen LogP contribution in [0.15, 0.2) is 28.9 Å². The number of rotatable bonds is 3. The van der Waals surface area contributed by atoms with Crippen molar-refractivity contribution in [3.05, 3.63) is 34.4 Å². The molecule has 2 heteroatoms. The van der Waals surface area contributed by atoms with Crippen molar-refractivity contribution in [2.45, 2.75) is 33.1 Å². The molecule has 0 radical (unpaired) electrons. The topological polar surface area (TPSA) is 15.8 Å². The van der Waals surface area contributed by atoms with Crippen molar-refractivity contribution < 1.29 is 0 Å². The normalized spacial score (nSPS) is 13.6. The molecule has 0 saturated carbocycles. The molecule has 1 nitrogen and oxygen atoms in total. The van der Waals surface area contributed by atoms with E-state index in [9.17, 15) is 0 Å². The average molecular weight is 280 g/mol. The Labute approximate surface area is 105 Å². The van der Waals surface area contributed by atoms with E-state index in [1.165, 1.54) is 22.9 Å². The molecule has 2 aromatic rings. The molecule has 0 spiro atoms. The van der Waals surface area contributed by atoms with Gasteiger partial charge in [-0.2, -0.15) is 0 Å². The number of fused-ring (bicyclic) bond motifs is 1. The summed E-state index contributed by atoms with van der Waals surface area (Å²) in [6.45, 7) is 6.87. The number of benzene rings is 1. The van der Waals surface area contributed by atoms with Crippen LogP contribution in [0.4, 0.5) is 0 Å². The zero-order chi connectivity index (χ0) is 11.7. The zero-order valence-corrected chi connectivity index (χ0v) is 11.6. The molecule has 1 unspecified atom stereocenters. The van der Waals surface area contributed by atoms with Crippen molar-refractivity contribution >= 4 is 26.8 Å². The molecule has 1 aromatic carbocycles. The Morgan fingerprint density at radius 1 is 1.25 bits per heavy atom. The van der Waals surface area contributed by atoms with Crippen LogP contribution in [0.2, 0.25) is 0 Å². The van der Waals surface area contributed by atoms with Gasteiger partial charge < -0.3 is 4.98 Å². The number of H-pyrrole nitrogens is 1. The van der Waals surface area contributed by atoms with Crippen LogP contribution < -0.4 is 0 Å². The van der Waals surface area contributed by atoms with Gasteiger partial charge in [0.25, 0.3) is 0 Å². The van der Waals surface area contributed by atoms with Crippen LogP contribution >= 0.6 is 15.9 Å². The molecule has 2 rings (SSSR count). The second kappa shape index (κ2) is 4.62. The second-order valence-corrected chi connectivity index (χ2v) is 5.79. The van der Waals surface area contributed by atoms with Gasteiger partial charge in [0.05, 0.1) is 5.52 Å². The Morgan fingerprint density at radius 3 is 2.69 bits per heavy atom. The lowest BCUT2D eigenvalue weighted by Gasteiger charge is -2.13. The number of nitrogens with one attached hydrogen (secondary N) is 1. The summed E-state index contributed by atoms with van der Waals surface area (Å²) in [7, 11) is 0. The fourth-order valence-corrected chi connectivity index (χ4v) is 2.86. The van der Waals surface area contributed by atoms with Crippen molar-refractivity contribution in [3.8, 4) is 0 Å². The highest BCUT2D eigenvalue weighted by Gasteiger charge is 2.13. The van der Waals surface area contributed by atoms with Crippen LogP contribution in [-0.2, 0) is 0 Å². The number of aromatic nitrogens is 1. The van der Waals surface area contributed by atoms with Crippen molar-refractivity contribution in [1.82, 2.24) is 4.98 Å². The summed E-state index contributed by atoms with van der Waals surface area (Å²) in [4.78, 5) is 3.36. The highest BCUT2D eigenvalue weighted by atomic mass is 79.9. The molecule has 0 aliphatic carbocycles.